The first-order valence-electron chi connectivity index (χ1n) is 8.90. The standard InChI is InChI=1S/C20H20Cl2O6/c21-19(13-7-3-1-4-8-13)25-12-16(27-19)18-17(24)15(11-23)26-20(22,28-18)14-9-5-2-6-10-14/h1-10,15-18,23-24H,11-12H2/t15-,16+,17-,18-,19?,20?/m0/s1. The molecule has 2 fully saturated rings. The molecule has 2 saturated heterocycles. The highest BCUT2D eigenvalue weighted by Gasteiger charge is 2.54. The van der Waals surface area contributed by atoms with Crippen molar-refractivity contribution in [1.82, 2.24) is 0 Å². The Hall–Kier alpha value is -1.22. The zero-order valence-corrected chi connectivity index (χ0v) is 16.3. The number of ether oxygens (including phenoxy) is 4. The molecule has 0 aromatic heterocycles. The van der Waals surface area contributed by atoms with E-state index in [-0.39, 0.29) is 6.61 Å². The molecule has 0 spiro atoms. The van der Waals surface area contributed by atoms with E-state index >= 15 is 0 Å². The fourth-order valence-corrected chi connectivity index (χ4v) is 4.01. The van der Waals surface area contributed by atoms with E-state index in [1.54, 1.807) is 36.4 Å². The summed E-state index contributed by atoms with van der Waals surface area (Å²) in [6.07, 6.45) is -3.83. The molecule has 2 aliphatic heterocycles. The maximum Gasteiger partial charge on any atom is 0.277 e. The molecular formula is C20H20Cl2O6. The molecule has 0 aliphatic carbocycles. The van der Waals surface area contributed by atoms with Gasteiger partial charge >= 0.3 is 0 Å². The topological polar surface area (TPSA) is 77.4 Å². The van der Waals surface area contributed by atoms with Crippen LogP contribution in [0.25, 0.3) is 0 Å². The Labute approximate surface area is 172 Å². The summed E-state index contributed by atoms with van der Waals surface area (Å²) < 4.78 is 23.2. The first-order chi connectivity index (χ1) is 13.5. The van der Waals surface area contributed by atoms with Crippen LogP contribution in [0.1, 0.15) is 11.1 Å². The zero-order chi connectivity index (χ0) is 19.8. The van der Waals surface area contributed by atoms with E-state index in [0.717, 1.165) is 0 Å². The third kappa shape index (κ3) is 3.67. The van der Waals surface area contributed by atoms with E-state index < -0.39 is 41.5 Å². The van der Waals surface area contributed by atoms with Crippen molar-refractivity contribution in [3.05, 3.63) is 71.8 Å². The number of halogens is 2. The van der Waals surface area contributed by atoms with Crippen molar-refractivity contribution in [3.8, 4) is 0 Å². The quantitative estimate of drug-likeness (QED) is 0.731. The maximum absolute atomic E-state index is 10.7. The molecular weight excluding hydrogens is 407 g/mol. The lowest BCUT2D eigenvalue weighted by molar-refractivity contribution is -0.334. The Kier molecular flexibility index (Phi) is 5.66. The number of hydrogen-bond acceptors (Lipinski definition) is 6. The second-order valence-electron chi connectivity index (χ2n) is 6.68. The van der Waals surface area contributed by atoms with Crippen molar-refractivity contribution >= 4 is 23.2 Å². The van der Waals surface area contributed by atoms with Crippen molar-refractivity contribution in [2.45, 2.75) is 34.9 Å². The van der Waals surface area contributed by atoms with Crippen molar-refractivity contribution in [2.75, 3.05) is 13.2 Å². The van der Waals surface area contributed by atoms with Gasteiger partial charge in [0.2, 0.25) is 0 Å². The second kappa shape index (κ2) is 7.89. The van der Waals surface area contributed by atoms with Crippen LogP contribution in [-0.4, -0.2) is 47.8 Å². The van der Waals surface area contributed by atoms with Gasteiger partial charge in [0.25, 0.3) is 10.5 Å². The Bertz CT molecular complexity index is 794. The molecule has 6 nitrogen and oxygen atoms in total. The maximum atomic E-state index is 10.7. The number of aliphatic hydroxyl groups is 2. The molecule has 2 heterocycles. The first kappa shape index (κ1) is 20.1. The molecule has 2 aromatic carbocycles. The molecule has 0 radical (unpaired) electrons. The van der Waals surface area contributed by atoms with Crippen LogP contribution in [0, 0.1) is 0 Å². The summed E-state index contributed by atoms with van der Waals surface area (Å²) in [5.74, 6) is 0. The Morgan fingerprint density at radius 3 is 2.00 bits per heavy atom. The Balaban J connectivity index is 1.59. The zero-order valence-electron chi connectivity index (χ0n) is 14.8. The summed E-state index contributed by atoms with van der Waals surface area (Å²) in [5.41, 5.74) is 1.16. The number of alkyl halides is 2. The van der Waals surface area contributed by atoms with Crippen LogP contribution in [0.2, 0.25) is 0 Å². The van der Waals surface area contributed by atoms with Gasteiger partial charge in [-0.25, -0.2) is 0 Å². The average Bonchev–Trinajstić information content (AvgIpc) is 3.14. The Morgan fingerprint density at radius 2 is 1.43 bits per heavy atom. The summed E-state index contributed by atoms with van der Waals surface area (Å²) in [6, 6.07) is 17.9. The van der Waals surface area contributed by atoms with Gasteiger partial charge in [-0.15, -0.1) is 0 Å². The Morgan fingerprint density at radius 1 is 0.857 bits per heavy atom. The minimum Gasteiger partial charge on any atom is -0.394 e. The molecule has 0 saturated carbocycles. The monoisotopic (exact) mass is 426 g/mol. The van der Waals surface area contributed by atoms with Crippen LogP contribution in [-0.2, 0) is 29.4 Å². The summed E-state index contributed by atoms with van der Waals surface area (Å²) in [7, 11) is 0. The van der Waals surface area contributed by atoms with Crippen LogP contribution in [0.15, 0.2) is 60.7 Å². The lowest BCUT2D eigenvalue weighted by Crippen LogP contribution is -2.58. The minimum absolute atomic E-state index is 0.0695. The molecule has 0 bridgehead atoms. The van der Waals surface area contributed by atoms with Gasteiger partial charge < -0.3 is 29.2 Å². The molecule has 2 aliphatic rings. The van der Waals surface area contributed by atoms with Crippen molar-refractivity contribution < 1.29 is 29.2 Å². The van der Waals surface area contributed by atoms with Crippen molar-refractivity contribution in [2.24, 2.45) is 0 Å². The summed E-state index contributed by atoms with van der Waals surface area (Å²) in [6.45, 7) is -0.374. The molecule has 8 heteroatoms. The van der Waals surface area contributed by atoms with Crippen LogP contribution in [0.3, 0.4) is 0 Å². The summed E-state index contributed by atoms with van der Waals surface area (Å²) in [5, 5.41) is 17.2. The van der Waals surface area contributed by atoms with Gasteiger partial charge in [-0.3, -0.25) is 0 Å². The van der Waals surface area contributed by atoms with Crippen LogP contribution in [0.5, 0.6) is 0 Å². The highest BCUT2D eigenvalue weighted by molar-refractivity contribution is 6.22. The van der Waals surface area contributed by atoms with E-state index in [9.17, 15) is 10.2 Å². The molecule has 2 N–H and O–H groups in total. The van der Waals surface area contributed by atoms with Gasteiger partial charge in [0, 0.05) is 11.1 Å². The second-order valence-corrected chi connectivity index (χ2v) is 7.68. The fourth-order valence-electron chi connectivity index (χ4n) is 3.37. The number of rotatable bonds is 4. The molecule has 6 atom stereocenters. The van der Waals surface area contributed by atoms with Crippen LogP contribution < -0.4 is 0 Å². The predicted octanol–water partition coefficient (Wildman–Crippen LogP) is 2.64. The van der Waals surface area contributed by atoms with E-state index in [1.165, 1.54) is 0 Å². The fraction of sp³-hybridized carbons (Fsp3) is 0.400. The largest absolute Gasteiger partial charge is 0.394 e. The summed E-state index contributed by atoms with van der Waals surface area (Å²) in [4.78, 5) is 0. The SMILES string of the molecule is OC[C@@H]1OC(Cl)(c2ccccc2)O[C@@H]([C@H]2COC(Cl)(c3ccccc3)O2)[C@H]1O. The lowest BCUT2D eigenvalue weighted by Gasteiger charge is -2.44. The normalized spacial score (nSPS) is 38.4. The van der Waals surface area contributed by atoms with Gasteiger partial charge in [0.1, 0.15) is 24.4 Å². The molecule has 0 amide bonds. The van der Waals surface area contributed by atoms with Gasteiger partial charge in [-0.1, -0.05) is 83.9 Å². The first-order valence-corrected chi connectivity index (χ1v) is 9.66. The molecule has 4 rings (SSSR count). The summed E-state index contributed by atoms with van der Waals surface area (Å²) >= 11 is 13.1. The van der Waals surface area contributed by atoms with Gasteiger partial charge in [0.05, 0.1) is 13.2 Å². The van der Waals surface area contributed by atoms with E-state index in [2.05, 4.69) is 0 Å². The van der Waals surface area contributed by atoms with Crippen LogP contribution >= 0.6 is 23.2 Å². The molecule has 28 heavy (non-hydrogen) atoms. The third-order valence-corrected chi connectivity index (χ3v) is 5.64. The number of hydrogen-bond donors (Lipinski definition) is 2. The smallest absolute Gasteiger partial charge is 0.277 e. The number of benzene rings is 2. The van der Waals surface area contributed by atoms with Gasteiger partial charge in [-0.2, -0.15) is 0 Å². The highest BCUT2D eigenvalue weighted by Crippen LogP contribution is 2.45. The lowest BCUT2D eigenvalue weighted by atomic mass is 10.0. The van der Waals surface area contributed by atoms with E-state index in [1.807, 2.05) is 24.3 Å². The van der Waals surface area contributed by atoms with Crippen LogP contribution in [0.4, 0.5) is 0 Å². The number of aliphatic hydroxyl groups excluding tert-OH is 2. The van der Waals surface area contributed by atoms with E-state index in [0.29, 0.717) is 11.1 Å². The highest BCUT2D eigenvalue weighted by atomic mass is 35.5. The van der Waals surface area contributed by atoms with Gasteiger partial charge in [-0.05, 0) is 0 Å². The van der Waals surface area contributed by atoms with Crippen molar-refractivity contribution in [3.63, 3.8) is 0 Å². The van der Waals surface area contributed by atoms with Crippen molar-refractivity contribution in [1.29, 1.82) is 0 Å². The third-order valence-electron chi connectivity index (χ3n) is 4.83. The molecule has 2 aromatic rings. The molecule has 2 unspecified atom stereocenters. The van der Waals surface area contributed by atoms with Gasteiger partial charge in [0.15, 0.2) is 0 Å². The minimum atomic E-state index is -1.69. The average molecular weight is 427 g/mol. The molecule has 150 valence electrons. The van der Waals surface area contributed by atoms with E-state index in [4.69, 9.17) is 42.1 Å². The predicted molar refractivity (Wildman–Crippen MR) is 102 cm³/mol.